The molecule has 0 aromatic heterocycles. The fourth-order valence-electron chi connectivity index (χ4n) is 5.40. The highest BCUT2D eigenvalue weighted by Crippen LogP contribution is 2.43. The van der Waals surface area contributed by atoms with Crippen LogP contribution in [0.2, 0.25) is 0 Å². The SMILES string of the molecule is CC(C)(C)OC(=O)N1CCC[C@H]1C1CCC(c2ccc(B3OC(C)(C)C(C)(C)O3)cc2)C1. The number of carbonyl (C=O) groups excluding carboxylic acids is 1. The van der Waals surface area contributed by atoms with Crippen molar-refractivity contribution in [3.05, 3.63) is 29.8 Å². The summed E-state index contributed by atoms with van der Waals surface area (Å²) in [5.74, 6) is 1.10. The van der Waals surface area contributed by atoms with Crippen LogP contribution in [0.25, 0.3) is 0 Å². The molecule has 32 heavy (non-hydrogen) atoms. The third-order valence-corrected chi connectivity index (χ3v) is 7.88. The molecule has 0 N–H and O–H groups in total. The number of ether oxygens (including phenoxy) is 1. The molecule has 0 bridgehead atoms. The Balaban J connectivity index is 1.38. The van der Waals surface area contributed by atoms with Crippen molar-refractivity contribution < 1.29 is 18.8 Å². The van der Waals surface area contributed by atoms with Gasteiger partial charge in [-0.05, 0) is 103 Å². The summed E-state index contributed by atoms with van der Waals surface area (Å²) in [5, 5.41) is 0. The van der Waals surface area contributed by atoms with Gasteiger partial charge >= 0.3 is 13.2 Å². The number of nitrogens with zero attached hydrogens (tertiary/aromatic N) is 1. The van der Waals surface area contributed by atoms with Gasteiger partial charge in [0.25, 0.3) is 0 Å². The summed E-state index contributed by atoms with van der Waals surface area (Å²) >= 11 is 0. The zero-order chi connectivity index (χ0) is 23.3. The first-order chi connectivity index (χ1) is 14.9. The van der Waals surface area contributed by atoms with Crippen molar-refractivity contribution in [2.45, 2.75) is 109 Å². The van der Waals surface area contributed by atoms with Crippen molar-refractivity contribution in [3.8, 4) is 0 Å². The van der Waals surface area contributed by atoms with Crippen LogP contribution in [0.5, 0.6) is 0 Å². The normalized spacial score (nSPS) is 29.5. The molecule has 2 heterocycles. The van der Waals surface area contributed by atoms with E-state index in [1.54, 1.807) is 0 Å². The van der Waals surface area contributed by atoms with Gasteiger partial charge < -0.3 is 18.9 Å². The molecular weight excluding hydrogens is 401 g/mol. The number of hydrogen-bond donors (Lipinski definition) is 0. The smallest absolute Gasteiger partial charge is 0.444 e. The van der Waals surface area contributed by atoms with E-state index in [9.17, 15) is 4.79 Å². The van der Waals surface area contributed by atoms with Crippen LogP contribution in [0.3, 0.4) is 0 Å². The predicted octanol–water partition coefficient (Wildman–Crippen LogP) is 5.27. The fourth-order valence-corrected chi connectivity index (χ4v) is 5.40. The Morgan fingerprint density at radius 1 is 1.03 bits per heavy atom. The summed E-state index contributed by atoms with van der Waals surface area (Å²) in [6.45, 7) is 15.0. The lowest BCUT2D eigenvalue weighted by molar-refractivity contribution is 0.00578. The minimum absolute atomic E-state index is 0.143. The molecule has 1 aliphatic carbocycles. The number of carbonyl (C=O) groups is 1. The largest absolute Gasteiger partial charge is 0.494 e. The molecule has 0 spiro atoms. The molecule has 1 aromatic rings. The van der Waals surface area contributed by atoms with Crippen LogP contribution in [-0.4, -0.2) is 47.5 Å². The van der Waals surface area contributed by atoms with Crippen LogP contribution in [0.15, 0.2) is 24.3 Å². The van der Waals surface area contributed by atoms with E-state index in [2.05, 4.69) is 52.0 Å². The topological polar surface area (TPSA) is 48.0 Å². The zero-order valence-corrected chi connectivity index (χ0v) is 20.9. The average Bonchev–Trinajstić information content (AvgIpc) is 3.38. The highest BCUT2D eigenvalue weighted by molar-refractivity contribution is 6.62. The van der Waals surface area contributed by atoms with Crippen molar-refractivity contribution in [2.24, 2.45) is 5.92 Å². The molecule has 0 radical (unpaired) electrons. The second kappa shape index (κ2) is 8.36. The van der Waals surface area contributed by atoms with Gasteiger partial charge in [0.1, 0.15) is 5.60 Å². The van der Waals surface area contributed by atoms with E-state index in [0.29, 0.717) is 17.9 Å². The maximum Gasteiger partial charge on any atom is 0.494 e. The molecule has 176 valence electrons. The van der Waals surface area contributed by atoms with Crippen molar-refractivity contribution in [3.63, 3.8) is 0 Å². The molecular formula is C26H40BNO4. The van der Waals surface area contributed by atoms with Crippen LogP contribution in [0.1, 0.15) is 92.1 Å². The van der Waals surface area contributed by atoms with E-state index in [0.717, 1.165) is 31.3 Å². The minimum atomic E-state index is -0.443. The predicted molar refractivity (Wildman–Crippen MR) is 128 cm³/mol. The quantitative estimate of drug-likeness (QED) is 0.600. The summed E-state index contributed by atoms with van der Waals surface area (Å²) in [6.07, 6.45) is 5.52. The summed E-state index contributed by atoms with van der Waals surface area (Å²) < 4.78 is 18.1. The van der Waals surface area contributed by atoms with Crippen molar-refractivity contribution >= 4 is 18.7 Å². The van der Waals surface area contributed by atoms with Crippen molar-refractivity contribution in [2.75, 3.05) is 6.54 Å². The first kappa shape index (κ1) is 23.6. The lowest BCUT2D eigenvalue weighted by Crippen LogP contribution is -2.42. The Bertz CT molecular complexity index is 813. The van der Waals surface area contributed by atoms with Gasteiger partial charge in [-0.25, -0.2) is 4.79 Å². The Hall–Kier alpha value is -1.53. The minimum Gasteiger partial charge on any atom is -0.444 e. The molecule has 1 amide bonds. The second-order valence-electron chi connectivity index (χ2n) is 11.9. The van der Waals surface area contributed by atoms with Gasteiger partial charge in [0.15, 0.2) is 0 Å². The number of rotatable bonds is 3. The molecule has 4 rings (SSSR count). The van der Waals surface area contributed by atoms with Crippen LogP contribution >= 0.6 is 0 Å². The molecule has 3 atom stereocenters. The standard InChI is InChI=1S/C26H40BNO4/c1-24(2,3)30-23(29)28-16-8-9-22(28)20-11-10-19(17-20)18-12-14-21(15-13-18)27-31-25(4,5)26(6,7)32-27/h12-15,19-20,22H,8-11,16-17H2,1-7H3/t19?,20?,22-/m0/s1. The zero-order valence-electron chi connectivity index (χ0n) is 20.9. The molecule has 1 aromatic carbocycles. The van der Waals surface area contributed by atoms with Crippen LogP contribution in [-0.2, 0) is 14.0 Å². The average molecular weight is 441 g/mol. The third-order valence-electron chi connectivity index (χ3n) is 7.88. The number of amides is 1. The summed E-state index contributed by atoms with van der Waals surface area (Å²) in [6, 6.07) is 9.13. The monoisotopic (exact) mass is 441 g/mol. The molecule has 2 saturated heterocycles. The highest BCUT2D eigenvalue weighted by atomic mass is 16.7. The summed E-state index contributed by atoms with van der Waals surface area (Å²) in [5.41, 5.74) is 1.37. The van der Waals surface area contributed by atoms with E-state index in [4.69, 9.17) is 14.0 Å². The number of benzene rings is 1. The van der Waals surface area contributed by atoms with Gasteiger partial charge in [-0.2, -0.15) is 0 Å². The molecule has 2 unspecified atom stereocenters. The van der Waals surface area contributed by atoms with E-state index in [-0.39, 0.29) is 24.4 Å². The van der Waals surface area contributed by atoms with Crippen molar-refractivity contribution in [1.29, 1.82) is 0 Å². The van der Waals surface area contributed by atoms with Gasteiger partial charge in [0.05, 0.1) is 11.2 Å². The Morgan fingerprint density at radius 3 is 2.25 bits per heavy atom. The van der Waals surface area contributed by atoms with E-state index in [1.807, 2.05) is 25.7 Å². The Morgan fingerprint density at radius 2 is 1.66 bits per heavy atom. The second-order valence-corrected chi connectivity index (χ2v) is 11.9. The molecule has 3 aliphatic rings. The summed E-state index contributed by atoms with van der Waals surface area (Å²) in [4.78, 5) is 14.7. The molecule has 2 aliphatic heterocycles. The van der Waals surface area contributed by atoms with Crippen molar-refractivity contribution in [1.82, 2.24) is 4.90 Å². The number of hydrogen-bond acceptors (Lipinski definition) is 4. The molecule has 5 nitrogen and oxygen atoms in total. The maximum atomic E-state index is 12.7. The van der Waals surface area contributed by atoms with Crippen LogP contribution in [0.4, 0.5) is 4.79 Å². The first-order valence-corrected chi connectivity index (χ1v) is 12.3. The van der Waals surface area contributed by atoms with E-state index in [1.165, 1.54) is 18.4 Å². The van der Waals surface area contributed by atoms with Gasteiger partial charge in [0, 0.05) is 12.6 Å². The fraction of sp³-hybridized carbons (Fsp3) is 0.731. The molecule has 1 saturated carbocycles. The number of likely N-dealkylation sites (tertiary alicyclic amines) is 1. The van der Waals surface area contributed by atoms with E-state index >= 15 is 0 Å². The van der Waals surface area contributed by atoms with Gasteiger partial charge in [-0.15, -0.1) is 0 Å². The van der Waals surface area contributed by atoms with Crippen LogP contribution in [0, 0.1) is 5.92 Å². The maximum absolute atomic E-state index is 12.7. The van der Waals surface area contributed by atoms with E-state index < -0.39 is 5.60 Å². The lowest BCUT2D eigenvalue weighted by Gasteiger charge is -2.32. The van der Waals surface area contributed by atoms with Crippen LogP contribution < -0.4 is 5.46 Å². The lowest BCUT2D eigenvalue weighted by atomic mass is 9.78. The Labute approximate surface area is 194 Å². The molecule has 6 heteroatoms. The third kappa shape index (κ3) is 4.72. The summed E-state index contributed by atoms with van der Waals surface area (Å²) in [7, 11) is -0.314. The molecule has 3 fully saturated rings. The van der Waals surface area contributed by atoms with Gasteiger partial charge in [0.2, 0.25) is 0 Å². The highest BCUT2D eigenvalue weighted by Gasteiger charge is 2.51. The first-order valence-electron chi connectivity index (χ1n) is 12.3. The van der Waals surface area contributed by atoms with Gasteiger partial charge in [-0.1, -0.05) is 24.3 Å². The Kier molecular flexibility index (Phi) is 6.17. The van der Waals surface area contributed by atoms with Gasteiger partial charge in [-0.3, -0.25) is 0 Å².